The molecular weight excluding hydrogens is 179 g/mol. The van der Waals surface area contributed by atoms with Crippen LogP contribution in [-0.2, 0) is 0 Å². The summed E-state index contributed by atoms with van der Waals surface area (Å²) in [6, 6.07) is 10.6. The maximum Gasteiger partial charge on any atom is -0.00348 e. The first-order valence-electron chi connectivity index (χ1n) is 4.58. The lowest BCUT2D eigenvalue weighted by Gasteiger charge is -2.15. The van der Waals surface area contributed by atoms with Crippen molar-refractivity contribution in [2.24, 2.45) is 11.5 Å². The van der Waals surface area contributed by atoms with Crippen molar-refractivity contribution < 1.29 is 0 Å². The van der Waals surface area contributed by atoms with Gasteiger partial charge < -0.3 is 11.5 Å². The van der Waals surface area contributed by atoms with E-state index in [1.165, 1.54) is 5.30 Å². The number of hydrogen-bond acceptors (Lipinski definition) is 2. The zero-order chi connectivity index (χ0) is 9.52. The monoisotopic (exact) mass is 196 g/mol. The van der Waals surface area contributed by atoms with Crippen LogP contribution in [0.1, 0.15) is 0 Å². The quantitative estimate of drug-likeness (QED) is 0.681. The SMILES string of the molecule is NCCP(CCN)c1ccccc1. The van der Waals surface area contributed by atoms with Gasteiger partial charge in [0.25, 0.3) is 0 Å². The second-order valence-corrected chi connectivity index (χ2v) is 5.39. The first-order chi connectivity index (χ1) is 6.38. The van der Waals surface area contributed by atoms with E-state index in [9.17, 15) is 0 Å². The van der Waals surface area contributed by atoms with Gasteiger partial charge in [0.2, 0.25) is 0 Å². The fourth-order valence-electron chi connectivity index (χ4n) is 1.32. The van der Waals surface area contributed by atoms with E-state index in [1.807, 2.05) is 6.07 Å². The Bertz CT molecular complexity index is 220. The van der Waals surface area contributed by atoms with Crippen LogP contribution in [-0.4, -0.2) is 25.4 Å². The van der Waals surface area contributed by atoms with Crippen molar-refractivity contribution in [3.8, 4) is 0 Å². The van der Waals surface area contributed by atoms with Gasteiger partial charge in [-0.25, -0.2) is 0 Å². The van der Waals surface area contributed by atoms with Crippen molar-refractivity contribution in [2.75, 3.05) is 25.4 Å². The molecule has 0 saturated carbocycles. The van der Waals surface area contributed by atoms with Gasteiger partial charge in [-0.3, -0.25) is 0 Å². The number of rotatable bonds is 5. The minimum absolute atomic E-state index is 0.106. The summed E-state index contributed by atoms with van der Waals surface area (Å²) in [7, 11) is -0.106. The predicted octanol–water partition coefficient (Wildman–Crippen LogP) is 0.711. The third kappa shape index (κ3) is 3.43. The van der Waals surface area contributed by atoms with E-state index < -0.39 is 0 Å². The summed E-state index contributed by atoms with van der Waals surface area (Å²) in [6.45, 7) is 1.53. The smallest absolute Gasteiger partial charge is 0.00348 e. The molecule has 13 heavy (non-hydrogen) atoms. The molecule has 0 amide bonds. The van der Waals surface area contributed by atoms with Crippen LogP contribution in [0.4, 0.5) is 0 Å². The van der Waals surface area contributed by atoms with Crippen LogP contribution in [0.3, 0.4) is 0 Å². The lowest BCUT2D eigenvalue weighted by molar-refractivity contribution is 1.11. The molecular formula is C10H17N2P. The van der Waals surface area contributed by atoms with Crippen molar-refractivity contribution in [3.05, 3.63) is 30.3 Å². The predicted molar refractivity (Wildman–Crippen MR) is 60.8 cm³/mol. The average molecular weight is 196 g/mol. The van der Waals surface area contributed by atoms with E-state index in [-0.39, 0.29) is 7.92 Å². The fourth-order valence-corrected chi connectivity index (χ4v) is 3.28. The minimum Gasteiger partial charge on any atom is -0.330 e. The number of nitrogens with two attached hydrogens (primary N) is 2. The zero-order valence-electron chi connectivity index (χ0n) is 7.82. The van der Waals surface area contributed by atoms with Gasteiger partial charge in [0.05, 0.1) is 0 Å². The lowest BCUT2D eigenvalue weighted by atomic mass is 10.4. The zero-order valence-corrected chi connectivity index (χ0v) is 8.71. The van der Waals surface area contributed by atoms with Gasteiger partial charge in [-0.05, 0) is 30.7 Å². The molecule has 0 aliphatic rings. The molecule has 0 spiro atoms. The normalized spacial score (nSPS) is 10.7. The molecule has 0 radical (unpaired) electrons. The second-order valence-electron chi connectivity index (χ2n) is 2.90. The molecule has 4 N–H and O–H groups in total. The molecule has 0 bridgehead atoms. The van der Waals surface area contributed by atoms with Crippen molar-refractivity contribution >= 4 is 13.2 Å². The van der Waals surface area contributed by atoms with Crippen LogP contribution in [0.25, 0.3) is 0 Å². The summed E-state index contributed by atoms with van der Waals surface area (Å²) in [5.41, 5.74) is 11.1. The summed E-state index contributed by atoms with van der Waals surface area (Å²) >= 11 is 0. The lowest BCUT2D eigenvalue weighted by Crippen LogP contribution is -2.16. The summed E-state index contributed by atoms with van der Waals surface area (Å²) in [5, 5.41) is 1.42. The molecule has 1 rings (SSSR count). The van der Waals surface area contributed by atoms with Gasteiger partial charge in [-0.15, -0.1) is 0 Å². The maximum absolute atomic E-state index is 5.57. The van der Waals surface area contributed by atoms with Crippen LogP contribution in [0.5, 0.6) is 0 Å². The maximum atomic E-state index is 5.57. The van der Waals surface area contributed by atoms with E-state index in [2.05, 4.69) is 24.3 Å². The molecule has 0 unspecified atom stereocenters. The van der Waals surface area contributed by atoms with E-state index in [0.29, 0.717) is 0 Å². The Kier molecular flexibility index (Phi) is 4.99. The molecule has 0 aliphatic heterocycles. The summed E-state index contributed by atoms with van der Waals surface area (Å²) in [6.07, 6.45) is 2.19. The van der Waals surface area contributed by atoms with E-state index in [0.717, 1.165) is 25.4 Å². The minimum atomic E-state index is -0.106. The molecule has 72 valence electrons. The highest BCUT2D eigenvalue weighted by Gasteiger charge is 2.07. The topological polar surface area (TPSA) is 52.0 Å². The molecule has 1 aromatic carbocycles. The van der Waals surface area contributed by atoms with Crippen LogP contribution in [0.15, 0.2) is 30.3 Å². The molecule has 0 atom stereocenters. The van der Waals surface area contributed by atoms with Crippen molar-refractivity contribution in [2.45, 2.75) is 0 Å². The summed E-state index contributed by atoms with van der Waals surface area (Å²) < 4.78 is 0. The summed E-state index contributed by atoms with van der Waals surface area (Å²) in [5.74, 6) is 0. The Hall–Kier alpha value is -0.430. The Morgan fingerprint density at radius 3 is 1.92 bits per heavy atom. The van der Waals surface area contributed by atoms with Crippen LogP contribution in [0, 0.1) is 0 Å². The number of hydrogen-bond donors (Lipinski definition) is 2. The van der Waals surface area contributed by atoms with Gasteiger partial charge in [-0.2, -0.15) is 0 Å². The standard InChI is InChI=1S/C10H17N2P/c11-6-8-13(9-7-12)10-4-2-1-3-5-10/h1-5H,6-9,11-12H2. The third-order valence-electron chi connectivity index (χ3n) is 1.92. The highest BCUT2D eigenvalue weighted by Crippen LogP contribution is 2.32. The van der Waals surface area contributed by atoms with E-state index in [4.69, 9.17) is 11.5 Å². The molecule has 0 heterocycles. The van der Waals surface area contributed by atoms with Gasteiger partial charge in [0, 0.05) is 0 Å². The second kappa shape index (κ2) is 6.09. The molecule has 0 aromatic heterocycles. The first kappa shape index (κ1) is 10.6. The van der Waals surface area contributed by atoms with Crippen LogP contribution >= 0.6 is 7.92 Å². The molecule has 0 aliphatic carbocycles. The Morgan fingerprint density at radius 1 is 0.923 bits per heavy atom. The highest BCUT2D eigenvalue weighted by molar-refractivity contribution is 7.65. The van der Waals surface area contributed by atoms with Crippen molar-refractivity contribution in [1.82, 2.24) is 0 Å². The summed E-state index contributed by atoms with van der Waals surface area (Å²) in [4.78, 5) is 0. The van der Waals surface area contributed by atoms with Gasteiger partial charge in [0.15, 0.2) is 0 Å². The Morgan fingerprint density at radius 2 is 1.46 bits per heavy atom. The van der Waals surface area contributed by atoms with Crippen LogP contribution in [0.2, 0.25) is 0 Å². The Balaban J connectivity index is 2.64. The Labute approximate surface area is 81.1 Å². The highest BCUT2D eigenvalue weighted by atomic mass is 31.1. The van der Waals surface area contributed by atoms with E-state index in [1.54, 1.807) is 0 Å². The van der Waals surface area contributed by atoms with Gasteiger partial charge in [-0.1, -0.05) is 38.3 Å². The van der Waals surface area contributed by atoms with Crippen LogP contribution < -0.4 is 16.8 Å². The van der Waals surface area contributed by atoms with Gasteiger partial charge >= 0.3 is 0 Å². The molecule has 0 saturated heterocycles. The fraction of sp³-hybridized carbons (Fsp3) is 0.400. The third-order valence-corrected chi connectivity index (χ3v) is 4.54. The van der Waals surface area contributed by atoms with Gasteiger partial charge in [0.1, 0.15) is 0 Å². The molecule has 1 aromatic rings. The van der Waals surface area contributed by atoms with Crippen molar-refractivity contribution in [1.29, 1.82) is 0 Å². The van der Waals surface area contributed by atoms with E-state index >= 15 is 0 Å². The molecule has 2 nitrogen and oxygen atoms in total. The average Bonchev–Trinajstić information content (AvgIpc) is 2.19. The largest absolute Gasteiger partial charge is 0.330 e. The number of benzene rings is 1. The van der Waals surface area contributed by atoms with Crippen molar-refractivity contribution in [3.63, 3.8) is 0 Å². The molecule has 0 fully saturated rings. The molecule has 3 heteroatoms. The first-order valence-corrected chi connectivity index (χ1v) is 6.30.